The Labute approximate surface area is 74.0 Å². The molecular weight excluding hydrogens is 144 g/mol. The average molecular weight is 158 g/mol. The van der Waals surface area contributed by atoms with Crippen LogP contribution in [0.2, 0.25) is 0 Å². The van der Waals surface area contributed by atoms with Crippen LogP contribution in [0.15, 0.2) is 48.1 Å². The van der Waals surface area contributed by atoms with Gasteiger partial charge in [-0.15, -0.1) is 0 Å². The second kappa shape index (κ2) is 2.48. The van der Waals surface area contributed by atoms with Gasteiger partial charge in [0, 0.05) is 5.92 Å². The normalized spacial score (nSPS) is 25.7. The summed E-state index contributed by atoms with van der Waals surface area (Å²) in [5, 5.41) is 0. The minimum Gasteiger partial charge on any atom is -0.0989 e. The molecule has 0 heterocycles. The van der Waals surface area contributed by atoms with E-state index in [4.69, 9.17) is 0 Å². The van der Waals surface area contributed by atoms with Crippen LogP contribution in [-0.4, -0.2) is 0 Å². The summed E-state index contributed by atoms with van der Waals surface area (Å²) in [7, 11) is 0. The SMILES string of the molecule is C=CC(=C)CC1=C2CC(=C)C1C2. The van der Waals surface area contributed by atoms with E-state index in [0.29, 0.717) is 5.92 Å². The number of rotatable bonds is 3. The summed E-state index contributed by atoms with van der Waals surface area (Å²) < 4.78 is 0. The predicted octanol–water partition coefficient (Wildman–Crippen LogP) is 3.40. The zero-order valence-corrected chi connectivity index (χ0v) is 7.40. The van der Waals surface area contributed by atoms with E-state index < -0.39 is 0 Å². The van der Waals surface area contributed by atoms with Gasteiger partial charge in [0.2, 0.25) is 0 Å². The van der Waals surface area contributed by atoms with E-state index in [-0.39, 0.29) is 0 Å². The Morgan fingerprint density at radius 2 is 2.33 bits per heavy atom. The van der Waals surface area contributed by atoms with Crippen LogP contribution >= 0.6 is 0 Å². The number of hydrogen-bond donors (Lipinski definition) is 0. The molecule has 0 heteroatoms. The molecule has 1 unspecified atom stereocenters. The fourth-order valence-corrected chi connectivity index (χ4v) is 2.15. The highest BCUT2D eigenvalue weighted by Gasteiger charge is 2.37. The van der Waals surface area contributed by atoms with Gasteiger partial charge in [0.25, 0.3) is 0 Å². The van der Waals surface area contributed by atoms with Gasteiger partial charge in [-0.25, -0.2) is 0 Å². The Balaban J connectivity index is 2.09. The highest BCUT2D eigenvalue weighted by molar-refractivity contribution is 5.48. The molecule has 1 fully saturated rings. The molecule has 2 bridgehead atoms. The molecule has 0 aromatic carbocycles. The third-order valence-electron chi connectivity index (χ3n) is 2.96. The lowest BCUT2D eigenvalue weighted by Crippen LogP contribution is -2.09. The lowest BCUT2D eigenvalue weighted by atomic mass is 9.81. The van der Waals surface area contributed by atoms with Crippen molar-refractivity contribution in [1.82, 2.24) is 0 Å². The summed E-state index contributed by atoms with van der Waals surface area (Å²) in [5.41, 5.74) is 5.76. The number of fused-ring (bicyclic) bond motifs is 1. The van der Waals surface area contributed by atoms with Crippen molar-refractivity contribution in [3.63, 3.8) is 0 Å². The van der Waals surface area contributed by atoms with Gasteiger partial charge in [0.1, 0.15) is 0 Å². The zero-order chi connectivity index (χ0) is 8.72. The van der Waals surface area contributed by atoms with Crippen LogP contribution < -0.4 is 0 Å². The first kappa shape index (κ1) is 7.60. The Morgan fingerprint density at radius 3 is 2.75 bits per heavy atom. The van der Waals surface area contributed by atoms with Gasteiger partial charge in [-0.1, -0.05) is 48.1 Å². The summed E-state index contributed by atoms with van der Waals surface area (Å²) in [6.07, 6.45) is 5.32. The van der Waals surface area contributed by atoms with Crippen LogP contribution in [-0.2, 0) is 0 Å². The third-order valence-corrected chi connectivity index (χ3v) is 2.96. The van der Waals surface area contributed by atoms with Gasteiger partial charge in [-0.3, -0.25) is 0 Å². The minimum absolute atomic E-state index is 0.705. The van der Waals surface area contributed by atoms with Crippen molar-refractivity contribution in [3.05, 3.63) is 48.1 Å². The molecule has 0 aromatic rings. The topological polar surface area (TPSA) is 0 Å². The molecule has 62 valence electrons. The van der Waals surface area contributed by atoms with Crippen molar-refractivity contribution in [2.24, 2.45) is 5.92 Å². The Kier molecular flexibility index (Phi) is 1.57. The van der Waals surface area contributed by atoms with E-state index in [1.807, 2.05) is 6.08 Å². The van der Waals surface area contributed by atoms with Crippen LogP contribution in [0.1, 0.15) is 19.3 Å². The van der Waals surface area contributed by atoms with Crippen molar-refractivity contribution in [2.45, 2.75) is 19.3 Å². The molecule has 3 aliphatic carbocycles. The van der Waals surface area contributed by atoms with Gasteiger partial charge in [-0.2, -0.15) is 0 Å². The van der Waals surface area contributed by atoms with Crippen LogP contribution in [0.25, 0.3) is 0 Å². The summed E-state index contributed by atoms with van der Waals surface area (Å²) in [4.78, 5) is 0. The van der Waals surface area contributed by atoms with Gasteiger partial charge < -0.3 is 0 Å². The second-order valence-electron chi connectivity index (χ2n) is 3.76. The number of allylic oxidation sites excluding steroid dienone is 5. The van der Waals surface area contributed by atoms with Gasteiger partial charge in [-0.05, 0) is 19.3 Å². The molecule has 0 aliphatic heterocycles. The Bertz CT molecular complexity index is 302. The Morgan fingerprint density at radius 1 is 1.58 bits per heavy atom. The quantitative estimate of drug-likeness (QED) is 0.436. The molecule has 0 radical (unpaired) electrons. The highest BCUT2D eigenvalue weighted by atomic mass is 14.4. The molecule has 1 atom stereocenters. The van der Waals surface area contributed by atoms with E-state index in [9.17, 15) is 0 Å². The zero-order valence-electron chi connectivity index (χ0n) is 7.40. The fraction of sp³-hybridized carbons (Fsp3) is 0.333. The summed E-state index contributed by atoms with van der Waals surface area (Å²) >= 11 is 0. The van der Waals surface area contributed by atoms with Gasteiger partial charge in [0.05, 0.1) is 0 Å². The largest absolute Gasteiger partial charge is 0.0989 e. The van der Waals surface area contributed by atoms with E-state index >= 15 is 0 Å². The lowest BCUT2D eigenvalue weighted by Gasteiger charge is -2.24. The summed E-state index contributed by atoms with van der Waals surface area (Å²) in [6, 6.07) is 0. The number of hydrogen-bond acceptors (Lipinski definition) is 0. The predicted molar refractivity (Wildman–Crippen MR) is 52.8 cm³/mol. The maximum Gasteiger partial charge on any atom is 0.00510 e. The van der Waals surface area contributed by atoms with Crippen LogP contribution in [0.4, 0.5) is 0 Å². The molecular formula is C12H14. The molecule has 3 rings (SSSR count). The van der Waals surface area contributed by atoms with Crippen LogP contribution in [0.5, 0.6) is 0 Å². The molecule has 0 aromatic heterocycles. The van der Waals surface area contributed by atoms with E-state index in [1.54, 1.807) is 11.1 Å². The van der Waals surface area contributed by atoms with Gasteiger partial charge in [0.15, 0.2) is 0 Å². The highest BCUT2D eigenvalue weighted by Crippen LogP contribution is 2.53. The maximum atomic E-state index is 4.06. The Hall–Kier alpha value is -1.04. The fourth-order valence-electron chi connectivity index (χ4n) is 2.15. The van der Waals surface area contributed by atoms with E-state index in [1.165, 1.54) is 12.0 Å². The van der Waals surface area contributed by atoms with Crippen molar-refractivity contribution in [3.8, 4) is 0 Å². The molecule has 12 heavy (non-hydrogen) atoms. The molecule has 0 nitrogen and oxygen atoms in total. The molecule has 0 N–H and O–H groups in total. The van der Waals surface area contributed by atoms with Crippen molar-refractivity contribution >= 4 is 0 Å². The van der Waals surface area contributed by atoms with Gasteiger partial charge >= 0.3 is 0 Å². The monoisotopic (exact) mass is 158 g/mol. The smallest absolute Gasteiger partial charge is 0.00510 e. The first-order chi connectivity index (χ1) is 5.72. The van der Waals surface area contributed by atoms with Crippen molar-refractivity contribution < 1.29 is 0 Å². The molecule has 0 spiro atoms. The lowest BCUT2D eigenvalue weighted by molar-refractivity contribution is 0.670. The molecule has 1 saturated carbocycles. The maximum absolute atomic E-state index is 4.06. The van der Waals surface area contributed by atoms with E-state index in [0.717, 1.165) is 18.4 Å². The first-order valence-corrected chi connectivity index (χ1v) is 4.41. The molecule has 0 saturated heterocycles. The standard InChI is InChI=1S/C12H14/c1-4-8(2)5-12-10-6-9(3)11(12)7-10/h4,11H,1-3,5-7H2. The summed E-state index contributed by atoms with van der Waals surface area (Å²) in [6.45, 7) is 11.7. The molecule has 0 amide bonds. The summed E-state index contributed by atoms with van der Waals surface area (Å²) in [5.74, 6) is 0.705. The van der Waals surface area contributed by atoms with Crippen molar-refractivity contribution in [1.29, 1.82) is 0 Å². The average Bonchev–Trinajstić information content (AvgIpc) is 2.54. The van der Waals surface area contributed by atoms with E-state index in [2.05, 4.69) is 19.7 Å². The third kappa shape index (κ3) is 0.911. The second-order valence-corrected chi connectivity index (χ2v) is 3.76. The molecule has 3 aliphatic rings. The van der Waals surface area contributed by atoms with Crippen LogP contribution in [0, 0.1) is 5.92 Å². The van der Waals surface area contributed by atoms with Crippen molar-refractivity contribution in [2.75, 3.05) is 0 Å². The first-order valence-electron chi connectivity index (χ1n) is 4.41. The minimum atomic E-state index is 0.705. The van der Waals surface area contributed by atoms with Crippen LogP contribution in [0.3, 0.4) is 0 Å².